The maximum absolute atomic E-state index is 12.1. The largest absolute Gasteiger partial charge is 0.398 e. The second kappa shape index (κ2) is 6.09. The zero-order valence-corrected chi connectivity index (χ0v) is 13.1. The molecule has 0 fully saturated rings. The molecule has 1 heterocycles. The van der Waals surface area contributed by atoms with Crippen LogP contribution in [0, 0.1) is 0 Å². The van der Waals surface area contributed by atoms with Gasteiger partial charge >= 0.3 is 0 Å². The SMILES string of the molecule is CCN(C)c1cnn(Cc2c(N)cccc2Br)c(=O)c1. The lowest BCUT2D eigenvalue weighted by atomic mass is 10.2. The highest BCUT2D eigenvalue weighted by atomic mass is 79.9. The Morgan fingerprint density at radius 2 is 2.20 bits per heavy atom. The average Bonchev–Trinajstić information content (AvgIpc) is 2.43. The van der Waals surface area contributed by atoms with Crippen molar-refractivity contribution in [3.8, 4) is 0 Å². The van der Waals surface area contributed by atoms with Crippen molar-refractivity contribution in [3.63, 3.8) is 0 Å². The van der Waals surface area contributed by atoms with Gasteiger partial charge in [0.25, 0.3) is 5.56 Å². The molecule has 1 aromatic carbocycles. The first-order valence-corrected chi connectivity index (χ1v) is 7.13. The molecule has 1 aromatic heterocycles. The fourth-order valence-electron chi connectivity index (χ4n) is 1.83. The Hall–Kier alpha value is -1.82. The van der Waals surface area contributed by atoms with Gasteiger partial charge in [-0.3, -0.25) is 4.79 Å². The second-order valence-electron chi connectivity index (χ2n) is 4.53. The van der Waals surface area contributed by atoms with Crippen LogP contribution in [0.3, 0.4) is 0 Å². The third-order valence-corrected chi connectivity index (χ3v) is 3.98. The van der Waals surface area contributed by atoms with Gasteiger partial charge in [0.15, 0.2) is 0 Å². The Bertz CT molecular complexity index is 648. The summed E-state index contributed by atoms with van der Waals surface area (Å²) in [5.41, 5.74) is 8.11. The van der Waals surface area contributed by atoms with E-state index in [1.807, 2.05) is 37.1 Å². The summed E-state index contributed by atoms with van der Waals surface area (Å²) in [6.07, 6.45) is 1.69. The molecule has 0 aliphatic rings. The first kappa shape index (κ1) is 14.6. The van der Waals surface area contributed by atoms with Crippen molar-refractivity contribution in [1.29, 1.82) is 0 Å². The van der Waals surface area contributed by atoms with Gasteiger partial charge in [-0.2, -0.15) is 5.10 Å². The van der Waals surface area contributed by atoms with E-state index in [4.69, 9.17) is 5.73 Å². The molecule has 0 aliphatic carbocycles. The first-order chi connectivity index (χ1) is 9.52. The minimum Gasteiger partial charge on any atom is -0.398 e. The summed E-state index contributed by atoms with van der Waals surface area (Å²) in [7, 11) is 1.92. The molecule has 0 amide bonds. The molecule has 2 aromatic rings. The van der Waals surface area contributed by atoms with Crippen LogP contribution in [0.4, 0.5) is 11.4 Å². The van der Waals surface area contributed by atoms with Crippen LogP contribution in [0.5, 0.6) is 0 Å². The van der Waals surface area contributed by atoms with E-state index in [-0.39, 0.29) is 5.56 Å². The molecule has 0 bridgehead atoms. The molecular weight excluding hydrogens is 320 g/mol. The second-order valence-corrected chi connectivity index (χ2v) is 5.39. The number of hydrogen-bond acceptors (Lipinski definition) is 4. The highest BCUT2D eigenvalue weighted by Gasteiger charge is 2.08. The normalized spacial score (nSPS) is 10.6. The molecule has 0 aliphatic heterocycles. The third-order valence-electron chi connectivity index (χ3n) is 3.23. The van der Waals surface area contributed by atoms with E-state index in [9.17, 15) is 4.79 Å². The maximum Gasteiger partial charge on any atom is 0.269 e. The molecule has 20 heavy (non-hydrogen) atoms. The fraction of sp³-hybridized carbons (Fsp3) is 0.286. The zero-order chi connectivity index (χ0) is 14.7. The van der Waals surface area contributed by atoms with Crippen LogP contribution in [0.25, 0.3) is 0 Å². The van der Waals surface area contributed by atoms with Gasteiger partial charge in [-0.25, -0.2) is 4.68 Å². The van der Waals surface area contributed by atoms with E-state index in [1.165, 1.54) is 4.68 Å². The molecule has 0 saturated carbocycles. The van der Waals surface area contributed by atoms with Crippen molar-refractivity contribution in [2.75, 3.05) is 24.2 Å². The van der Waals surface area contributed by atoms with Crippen molar-refractivity contribution in [2.45, 2.75) is 13.5 Å². The van der Waals surface area contributed by atoms with Crippen LogP contribution in [-0.2, 0) is 6.54 Å². The molecule has 5 nitrogen and oxygen atoms in total. The number of hydrogen-bond donors (Lipinski definition) is 1. The summed E-state index contributed by atoms with van der Waals surface area (Å²) in [4.78, 5) is 14.1. The van der Waals surface area contributed by atoms with E-state index >= 15 is 0 Å². The Kier molecular flexibility index (Phi) is 4.44. The predicted octanol–water partition coefficient (Wildman–Crippen LogP) is 2.09. The smallest absolute Gasteiger partial charge is 0.269 e. The highest BCUT2D eigenvalue weighted by Crippen LogP contribution is 2.22. The maximum atomic E-state index is 12.1. The highest BCUT2D eigenvalue weighted by molar-refractivity contribution is 9.10. The quantitative estimate of drug-likeness (QED) is 0.868. The Labute approximate surface area is 126 Å². The standard InChI is InChI=1S/C14H17BrN4O/c1-3-18(2)10-7-14(20)19(17-8-10)9-11-12(15)5-4-6-13(11)16/h4-8H,3,9,16H2,1-2H3. The molecule has 0 spiro atoms. The van der Waals surface area contributed by atoms with Crippen LogP contribution in [0.1, 0.15) is 12.5 Å². The number of halogens is 1. The van der Waals surface area contributed by atoms with Crippen molar-refractivity contribution < 1.29 is 0 Å². The van der Waals surface area contributed by atoms with Gasteiger partial charge in [0, 0.05) is 35.4 Å². The summed E-state index contributed by atoms with van der Waals surface area (Å²) in [5.74, 6) is 0. The van der Waals surface area contributed by atoms with Crippen LogP contribution in [-0.4, -0.2) is 23.4 Å². The Balaban J connectivity index is 2.33. The Morgan fingerprint density at radius 1 is 1.45 bits per heavy atom. The number of nitrogens with zero attached hydrogens (tertiary/aromatic N) is 3. The van der Waals surface area contributed by atoms with E-state index in [0.717, 1.165) is 22.3 Å². The minimum atomic E-state index is -0.141. The molecule has 2 N–H and O–H groups in total. The summed E-state index contributed by atoms with van der Waals surface area (Å²) in [6.45, 7) is 3.19. The molecule has 0 unspecified atom stereocenters. The van der Waals surface area contributed by atoms with Crippen molar-refractivity contribution >= 4 is 27.3 Å². The van der Waals surface area contributed by atoms with Crippen molar-refractivity contribution in [1.82, 2.24) is 9.78 Å². The van der Waals surface area contributed by atoms with Gasteiger partial charge in [0.05, 0.1) is 18.4 Å². The average molecular weight is 337 g/mol. The van der Waals surface area contributed by atoms with Gasteiger partial charge in [-0.1, -0.05) is 22.0 Å². The van der Waals surface area contributed by atoms with Crippen LogP contribution in [0.2, 0.25) is 0 Å². The fourth-order valence-corrected chi connectivity index (χ4v) is 2.33. The summed E-state index contributed by atoms with van der Waals surface area (Å²) >= 11 is 3.45. The molecule has 2 rings (SSSR count). The van der Waals surface area contributed by atoms with Gasteiger partial charge in [0.2, 0.25) is 0 Å². The molecule has 0 saturated heterocycles. The lowest BCUT2D eigenvalue weighted by Gasteiger charge is -2.16. The Morgan fingerprint density at radius 3 is 2.80 bits per heavy atom. The number of benzene rings is 1. The lowest BCUT2D eigenvalue weighted by Crippen LogP contribution is -2.26. The van der Waals surface area contributed by atoms with E-state index < -0.39 is 0 Å². The number of anilines is 2. The monoisotopic (exact) mass is 336 g/mol. The molecule has 6 heteroatoms. The summed E-state index contributed by atoms with van der Waals surface area (Å²) in [5, 5.41) is 4.21. The molecule has 106 valence electrons. The number of aromatic nitrogens is 2. The third kappa shape index (κ3) is 3.01. The number of nitrogen functional groups attached to an aromatic ring is 1. The number of rotatable bonds is 4. The molecule has 0 radical (unpaired) electrons. The summed E-state index contributed by atoms with van der Waals surface area (Å²) in [6, 6.07) is 7.16. The van der Waals surface area contributed by atoms with Crippen LogP contribution >= 0.6 is 15.9 Å². The first-order valence-electron chi connectivity index (χ1n) is 6.34. The van der Waals surface area contributed by atoms with Crippen LogP contribution < -0.4 is 16.2 Å². The van der Waals surface area contributed by atoms with Gasteiger partial charge in [-0.05, 0) is 19.1 Å². The van der Waals surface area contributed by atoms with E-state index in [1.54, 1.807) is 12.3 Å². The molecular formula is C14H17BrN4O. The topological polar surface area (TPSA) is 64.2 Å². The van der Waals surface area contributed by atoms with Gasteiger partial charge < -0.3 is 10.6 Å². The van der Waals surface area contributed by atoms with Crippen LogP contribution in [0.15, 0.2) is 39.7 Å². The minimum absolute atomic E-state index is 0.141. The van der Waals surface area contributed by atoms with E-state index in [2.05, 4.69) is 21.0 Å². The zero-order valence-electron chi connectivity index (χ0n) is 11.5. The van der Waals surface area contributed by atoms with Gasteiger partial charge in [0.1, 0.15) is 0 Å². The molecule has 0 atom stereocenters. The van der Waals surface area contributed by atoms with E-state index in [0.29, 0.717) is 12.2 Å². The predicted molar refractivity (Wildman–Crippen MR) is 85.1 cm³/mol. The van der Waals surface area contributed by atoms with Gasteiger partial charge in [-0.15, -0.1) is 0 Å². The van der Waals surface area contributed by atoms with Crippen molar-refractivity contribution in [3.05, 3.63) is 50.9 Å². The lowest BCUT2D eigenvalue weighted by molar-refractivity contribution is 0.637. The number of nitrogens with two attached hydrogens (primary N) is 1. The summed E-state index contributed by atoms with van der Waals surface area (Å²) < 4.78 is 2.28. The van der Waals surface area contributed by atoms with Crippen molar-refractivity contribution in [2.24, 2.45) is 0 Å².